The van der Waals surface area contributed by atoms with Gasteiger partial charge in [0, 0.05) is 12.6 Å². The van der Waals surface area contributed by atoms with Gasteiger partial charge in [-0.15, -0.1) is 0 Å². The topological polar surface area (TPSA) is 74.4 Å². The Kier molecular flexibility index (Phi) is 7.78. The number of ether oxygens (including phenoxy) is 2. The van der Waals surface area contributed by atoms with Crippen LogP contribution in [0.2, 0.25) is 5.15 Å². The molecule has 0 saturated carbocycles. The number of carbonyl (C=O) groups excluding carboxylic acids is 1. The van der Waals surface area contributed by atoms with Crippen molar-refractivity contribution >= 4 is 28.9 Å². The van der Waals surface area contributed by atoms with Crippen molar-refractivity contribution in [3.05, 3.63) is 101 Å². The van der Waals surface area contributed by atoms with E-state index in [-0.39, 0.29) is 12.4 Å². The number of imidazole rings is 1. The lowest BCUT2D eigenvalue weighted by molar-refractivity contribution is -0.140. The number of nitrogens with zero attached hydrogens (tertiary/aromatic N) is 3. The Morgan fingerprint density at radius 1 is 0.971 bits per heavy atom. The molecule has 0 aliphatic heterocycles. The number of benzene rings is 2. The summed E-state index contributed by atoms with van der Waals surface area (Å²) in [7, 11) is 1.37. The van der Waals surface area contributed by atoms with E-state index in [2.05, 4.69) is 10.1 Å². The number of fused-ring (bicyclic) bond motifs is 1. The van der Waals surface area contributed by atoms with Gasteiger partial charge in [0.05, 0.1) is 24.9 Å². The van der Waals surface area contributed by atoms with Crippen LogP contribution in [-0.2, 0) is 27.6 Å². The first kappa shape index (κ1) is 23.3. The second-order valence-electron chi connectivity index (χ2n) is 7.50. The van der Waals surface area contributed by atoms with Gasteiger partial charge in [0.1, 0.15) is 29.8 Å². The fraction of sp³-hybridized carbons (Fsp3) is 0.192. The number of esters is 1. The molecule has 0 unspecified atom stereocenters. The second kappa shape index (κ2) is 11.3. The zero-order valence-electron chi connectivity index (χ0n) is 18.7. The molecule has 2 aromatic carbocycles. The molecular formula is C26H24ClN3O4. The van der Waals surface area contributed by atoms with E-state index < -0.39 is 0 Å². The number of rotatable bonds is 10. The number of oxime groups is 1. The minimum atomic E-state index is -0.286. The van der Waals surface area contributed by atoms with Crippen molar-refractivity contribution in [3.63, 3.8) is 0 Å². The molecule has 7 nitrogen and oxygen atoms in total. The molecule has 0 fully saturated rings. The predicted molar refractivity (Wildman–Crippen MR) is 130 cm³/mol. The fourth-order valence-electron chi connectivity index (χ4n) is 3.32. The van der Waals surface area contributed by atoms with Crippen LogP contribution in [0.15, 0.2) is 84.1 Å². The summed E-state index contributed by atoms with van der Waals surface area (Å²) in [5, 5.41) is 4.88. The Hall–Kier alpha value is -3.84. The van der Waals surface area contributed by atoms with Gasteiger partial charge in [-0.05, 0) is 35.4 Å². The Balaban J connectivity index is 1.33. The van der Waals surface area contributed by atoms with Gasteiger partial charge in [-0.3, -0.25) is 9.20 Å². The van der Waals surface area contributed by atoms with Crippen LogP contribution in [0.4, 0.5) is 0 Å². The van der Waals surface area contributed by atoms with Crippen molar-refractivity contribution in [2.45, 2.75) is 26.1 Å². The highest BCUT2D eigenvalue weighted by Gasteiger charge is 2.09. The molecule has 0 amide bonds. The van der Waals surface area contributed by atoms with E-state index in [4.69, 9.17) is 25.9 Å². The monoisotopic (exact) mass is 477 g/mol. The zero-order chi connectivity index (χ0) is 23.8. The minimum absolute atomic E-state index is 0.234. The molecule has 2 aromatic heterocycles. The van der Waals surface area contributed by atoms with Gasteiger partial charge in [-0.2, -0.15) is 0 Å². The second-order valence-corrected chi connectivity index (χ2v) is 7.88. The summed E-state index contributed by atoms with van der Waals surface area (Å²) in [6.07, 6.45) is 2.53. The summed E-state index contributed by atoms with van der Waals surface area (Å²) in [6.45, 7) is 0.624. The number of pyridine rings is 1. The van der Waals surface area contributed by atoms with Crippen LogP contribution in [0.1, 0.15) is 29.7 Å². The van der Waals surface area contributed by atoms with Crippen LogP contribution in [0, 0.1) is 0 Å². The molecule has 34 heavy (non-hydrogen) atoms. The van der Waals surface area contributed by atoms with Gasteiger partial charge in [-0.25, -0.2) is 4.98 Å². The maximum atomic E-state index is 11.5. The van der Waals surface area contributed by atoms with Crippen LogP contribution in [0.3, 0.4) is 0 Å². The van der Waals surface area contributed by atoms with Crippen molar-refractivity contribution in [2.75, 3.05) is 7.11 Å². The van der Waals surface area contributed by atoms with Crippen LogP contribution >= 0.6 is 11.6 Å². The van der Waals surface area contributed by atoms with Gasteiger partial charge in [-0.1, -0.05) is 65.3 Å². The highest BCUT2D eigenvalue weighted by atomic mass is 35.5. The highest BCUT2D eigenvalue weighted by molar-refractivity contribution is 6.29. The summed E-state index contributed by atoms with van der Waals surface area (Å²) in [6, 6.07) is 22.8. The average molecular weight is 478 g/mol. The number of methoxy groups -OCH3 is 1. The summed E-state index contributed by atoms with van der Waals surface area (Å²) >= 11 is 6.18. The van der Waals surface area contributed by atoms with E-state index in [0.29, 0.717) is 30.5 Å². The lowest BCUT2D eigenvalue weighted by Gasteiger charge is -2.08. The molecule has 0 N–H and O–H groups in total. The van der Waals surface area contributed by atoms with Gasteiger partial charge >= 0.3 is 5.97 Å². The van der Waals surface area contributed by atoms with Crippen molar-refractivity contribution in [3.8, 4) is 5.75 Å². The number of aromatic nitrogens is 2. The van der Waals surface area contributed by atoms with E-state index in [1.165, 1.54) is 7.11 Å². The standard InChI is InChI=1S/C26H24ClN3O4/c1-32-26(31)15-14-23(20-6-3-2-4-7-20)29-34-17-19-10-12-22(13-11-19)33-18-21-16-30-24(27)8-5-9-25(30)28-21/h2-13,16H,14-15,17-18H2,1H3/b29-23-. The largest absolute Gasteiger partial charge is 0.487 e. The van der Waals surface area contributed by atoms with Crippen LogP contribution < -0.4 is 4.74 Å². The first-order valence-corrected chi connectivity index (χ1v) is 11.2. The molecule has 4 rings (SSSR count). The molecular weight excluding hydrogens is 454 g/mol. The maximum absolute atomic E-state index is 11.5. The van der Waals surface area contributed by atoms with Crippen LogP contribution in [0.5, 0.6) is 5.75 Å². The Morgan fingerprint density at radius 3 is 2.50 bits per heavy atom. The van der Waals surface area contributed by atoms with Crippen LogP contribution in [0.25, 0.3) is 5.65 Å². The van der Waals surface area contributed by atoms with Crippen molar-refractivity contribution in [2.24, 2.45) is 5.16 Å². The molecule has 0 saturated heterocycles. The Morgan fingerprint density at radius 2 is 1.76 bits per heavy atom. The summed E-state index contributed by atoms with van der Waals surface area (Å²) < 4.78 is 12.4. The number of halogens is 1. The van der Waals surface area contributed by atoms with Crippen molar-refractivity contribution in [1.29, 1.82) is 0 Å². The van der Waals surface area contributed by atoms with E-state index in [0.717, 1.165) is 28.2 Å². The van der Waals surface area contributed by atoms with E-state index in [1.54, 1.807) is 0 Å². The third-order valence-electron chi connectivity index (χ3n) is 5.11. The van der Waals surface area contributed by atoms with Gasteiger partial charge < -0.3 is 14.3 Å². The zero-order valence-corrected chi connectivity index (χ0v) is 19.4. The molecule has 0 atom stereocenters. The quantitative estimate of drug-likeness (QED) is 0.131. The highest BCUT2D eigenvalue weighted by Crippen LogP contribution is 2.17. The normalized spacial score (nSPS) is 11.4. The smallest absolute Gasteiger partial charge is 0.305 e. The number of hydrogen-bond acceptors (Lipinski definition) is 6. The molecule has 0 spiro atoms. The molecule has 4 aromatic rings. The minimum Gasteiger partial charge on any atom is -0.487 e. The lowest BCUT2D eigenvalue weighted by Crippen LogP contribution is -2.08. The molecule has 174 valence electrons. The lowest BCUT2D eigenvalue weighted by atomic mass is 10.1. The first-order valence-electron chi connectivity index (χ1n) is 10.8. The van der Waals surface area contributed by atoms with E-state index in [9.17, 15) is 4.79 Å². The summed E-state index contributed by atoms with van der Waals surface area (Å²) in [5.41, 5.74) is 4.11. The van der Waals surface area contributed by atoms with Crippen molar-refractivity contribution < 1.29 is 19.1 Å². The predicted octanol–water partition coefficient (Wildman–Crippen LogP) is 5.44. The molecule has 0 radical (unpaired) electrons. The maximum Gasteiger partial charge on any atom is 0.305 e. The first-order chi connectivity index (χ1) is 16.6. The third kappa shape index (κ3) is 6.14. The van der Waals surface area contributed by atoms with Gasteiger partial charge in [0.15, 0.2) is 0 Å². The average Bonchev–Trinajstić information content (AvgIpc) is 3.30. The summed E-state index contributed by atoms with van der Waals surface area (Å²) in [5.74, 6) is 0.435. The number of hydrogen-bond donors (Lipinski definition) is 0. The van der Waals surface area contributed by atoms with Crippen LogP contribution in [-0.4, -0.2) is 28.2 Å². The Bertz CT molecular complexity index is 1270. The molecule has 0 aliphatic rings. The molecule has 8 heteroatoms. The van der Waals surface area contributed by atoms with E-state index >= 15 is 0 Å². The van der Waals surface area contributed by atoms with Crippen molar-refractivity contribution in [1.82, 2.24) is 9.38 Å². The molecule has 2 heterocycles. The Labute approximate surface area is 202 Å². The fourth-order valence-corrected chi connectivity index (χ4v) is 3.52. The van der Waals surface area contributed by atoms with Gasteiger partial charge in [0.2, 0.25) is 0 Å². The number of carbonyl (C=O) groups is 1. The van der Waals surface area contributed by atoms with E-state index in [1.807, 2.05) is 83.4 Å². The summed E-state index contributed by atoms with van der Waals surface area (Å²) in [4.78, 5) is 21.6. The SMILES string of the molecule is COC(=O)CC/C(=N/OCc1ccc(OCc2cn3c(Cl)cccc3n2)cc1)c1ccccc1. The molecule has 0 bridgehead atoms. The third-order valence-corrected chi connectivity index (χ3v) is 5.42. The van der Waals surface area contributed by atoms with Gasteiger partial charge in [0.25, 0.3) is 0 Å². The molecule has 0 aliphatic carbocycles.